The monoisotopic (exact) mass is 282 g/mol. The summed E-state index contributed by atoms with van der Waals surface area (Å²) >= 11 is 0. The van der Waals surface area contributed by atoms with Crippen LogP contribution in [0.2, 0.25) is 0 Å². The Morgan fingerprint density at radius 3 is 2.65 bits per heavy atom. The number of carboxylic acids is 1. The zero-order valence-corrected chi connectivity index (χ0v) is 12.2. The van der Waals surface area contributed by atoms with Crippen LogP contribution in [-0.2, 0) is 14.3 Å². The van der Waals surface area contributed by atoms with Crippen molar-refractivity contribution in [3.8, 4) is 0 Å². The van der Waals surface area contributed by atoms with Gasteiger partial charge in [0.1, 0.15) is 5.60 Å². The van der Waals surface area contributed by atoms with Crippen molar-refractivity contribution in [1.29, 1.82) is 0 Å². The Labute approximate surface area is 119 Å². The first-order chi connectivity index (χ1) is 9.35. The summed E-state index contributed by atoms with van der Waals surface area (Å²) in [6, 6.07) is 0. The molecule has 1 N–H and O–H groups in total. The molecule has 1 aliphatic carbocycles. The summed E-state index contributed by atoms with van der Waals surface area (Å²) < 4.78 is 10.3. The highest BCUT2D eigenvalue weighted by Gasteiger charge is 2.37. The Bertz CT molecular complexity index is 410. The Balaban J connectivity index is 2.48. The molecule has 112 valence electrons. The van der Waals surface area contributed by atoms with Gasteiger partial charge in [-0.2, -0.15) is 0 Å². The first kappa shape index (κ1) is 16.3. The molecule has 20 heavy (non-hydrogen) atoms. The molecule has 0 spiro atoms. The third-order valence-corrected chi connectivity index (χ3v) is 3.29. The van der Waals surface area contributed by atoms with E-state index in [4.69, 9.17) is 14.6 Å². The van der Waals surface area contributed by atoms with Gasteiger partial charge >= 0.3 is 12.1 Å². The quantitative estimate of drug-likeness (QED) is 0.598. The fraction of sp³-hybridized carbons (Fsp3) is 0.600. The van der Waals surface area contributed by atoms with Crippen molar-refractivity contribution in [2.75, 3.05) is 6.61 Å². The van der Waals surface area contributed by atoms with Crippen molar-refractivity contribution in [1.82, 2.24) is 0 Å². The van der Waals surface area contributed by atoms with Crippen molar-refractivity contribution in [2.45, 2.75) is 39.2 Å². The Kier molecular flexibility index (Phi) is 5.80. The molecule has 0 aliphatic heterocycles. The molecule has 0 saturated heterocycles. The van der Waals surface area contributed by atoms with Gasteiger partial charge in [0.2, 0.25) is 0 Å². The molecule has 1 aliphatic rings. The second kappa shape index (κ2) is 7.12. The van der Waals surface area contributed by atoms with Crippen molar-refractivity contribution in [2.24, 2.45) is 11.8 Å². The summed E-state index contributed by atoms with van der Waals surface area (Å²) in [5.74, 6) is -0.505. The molecule has 2 unspecified atom stereocenters. The van der Waals surface area contributed by atoms with Gasteiger partial charge in [0.05, 0.1) is 6.61 Å². The molecule has 2 atom stereocenters. The maximum Gasteiger partial charge on any atom is 0.509 e. The maximum atomic E-state index is 11.7. The number of carbonyl (C=O) groups is 2. The number of hydrogen-bond acceptors (Lipinski definition) is 4. The Morgan fingerprint density at radius 1 is 1.35 bits per heavy atom. The molecule has 0 aromatic heterocycles. The fourth-order valence-corrected chi connectivity index (χ4v) is 2.31. The number of hydrogen-bond donors (Lipinski definition) is 1. The summed E-state index contributed by atoms with van der Waals surface area (Å²) in [6.07, 6.45) is 7.14. The van der Waals surface area contributed by atoms with Gasteiger partial charge in [-0.1, -0.05) is 32.1 Å². The minimum Gasteiger partial charge on any atom is -0.481 e. The van der Waals surface area contributed by atoms with Crippen LogP contribution in [0.1, 0.15) is 33.6 Å². The average molecular weight is 282 g/mol. The standard InChI is InChI=1S/C15H22O5/c1-11(2)12-7-4-5-9-15(12,3)20-14(18)19-10-6-8-13(16)17/h4-5,7,9,11-12H,6,8,10H2,1-3H3,(H,16,17). The zero-order chi connectivity index (χ0) is 15.2. The topological polar surface area (TPSA) is 72.8 Å². The molecule has 0 amide bonds. The van der Waals surface area contributed by atoms with E-state index in [1.807, 2.05) is 31.2 Å². The van der Waals surface area contributed by atoms with E-state index in [1.54, 1.807) is 0 Å². The van der Waals surface area contributed by atoms with E-state index in [-0.39, 0.29) is 25.4 Å². The van der Waals surface area contributed by atoms with Crippen LogP contribution in [0, 0.1) is 11.8 Å². The van der Waals surface area contributed by atoms with Gasteiger partial charge in [-0.15, -0.1) is 0 Å². The highest BCUT2D eigenvalue weighted by molar-refractivity contribution is 5.66. The third-order valence-electron chi connectivity index (χ3n) is 3.29. The highest BCUT2D eigenvalue weighted by Crippen LogP contribution is 2.34. The molecule has 0 fully saturated rings. The van der Waals surface area contributed by atoms with Gasteiger partial charge in [-0.25, -0.2) is 4.79 Å². The number of allylic oxidation sites excluding steroid dienone is 2. The van der Waals surface area contributed by atoms with Crippen LogP contribution in [0.25, 0.3) is 0 Å². The van der Waals surface area contributed by atoms with Crippen LogP contribution in [0.4, 0.5) is 4.79 Å². The smallest absolute Gasteiger partial charge is 0.481 e. The minimum absolute atomic E-state index is 0.0260. The summed E-state index contributed by atoms with van der Waals surface area (Å²) in [7, 11) is 0. The Morgan fingerprint density at radius 2 is 2.05 bits per heavy atom. The SMILES string of the molecule is CC(C)C1C=CC=CC1(C)OC(=O)OCCCC(=O)O. The maximum absolute atomic E-state index is 11.7. The average Bonchev–Trinajstić information content (AvgIpc) is 2.34. The second-order valence-corrected chi connectivity index (χ2v) is 5.40. The molecule has 0 heterocycles. The zero-order valence-electron chi connectivity index (χ0n) is 12.2. The van der Waals surface area contributed by atoms with Crippen molar-refractivity contribution in [3.05, 3.63) is 24.3 Å². The van der Waals surface area contributed by atoms with Gasteiger partial charge in [-0.3, -0.25) is 4.79 Å². The summed E-state index contributed by atoms with van der Waals surface area (Å²) in [4.78, 5) is 22.0. The largest absolute Gasteiger partial charge is 0.509 e. The summed E-state index contributed by atoms with van der Waals surface area (Å²) in [6.45, 7) is 6.02. The van der Waals surface area contributed by atoms with Crippen LogP contribution in [-0.4, -0.2) is 29.4 Å². The first-order valence-corrected chi connectivity index (χ1v) is 6.79. The van der Waals surface area contributed by atoms with E-state index in [9.17, 15) is 9.59 Å². The third kappa shape index (κ3) is 4.72. The van der Waals surface area contributed by atoms with E-state index < -0.39 is 17.7 Å². The van der Waals surface area contributed by atoms with Crippen molar-refractivity contribution < 1.29 is 24.2 Å². The molecule has 5 nitrogen and oxygen atoms in total. The molecular weight excluding hydrogens is 260 g/mol. The Hall–Kier alpha value is -1.78. The molecule has 0 aromatic carbocycles. The molecule has 0 radical (unpaired) electrons. The number of carbonyl (C=O) groups excluding carboxylic acids is 1. The molecule has 0 saturated carbocycles. The second-order valence-electron chi connectivity index (χ2n) is 5.40. The predicted octanol–water partition coefficient (Wildman–Crippen LogP) is 3.16. The summed E-state index contributed by atoms with van der Waals surface area (Å²) in [5, 5.41) is 8.49. The van der Waals surface area contributed by atoms with Gasteiger partial charge in [0, 0.05) is 12.3 Å². The minimum atomic E-state index is -0.908. The van der Waals surface area contributed by atoms with Crippen LogP contribution in [0.15, 0.2) is 24.3 Å². The molecule has 0 aromatic rings. The fourth-order valence-electron chi connectivity index (χ4n) is 2.31. The lowest BCUT2D eigenvalue weighted by molar-refractivity contribution is -0.137. The van der Waals surface area contributed by atoms with Gasteiger partial charge < -0.3 is 14.6 Å². The van der Waals surface area contributed by atoms with E-state index in [0.29, 0.717) is 5.92 Å². The van der Waals surface area contributed by atoms with Gasteiger partial charge in [0.25, 0.3) is 0 Å². The number of aliphatic carboxylic acids is 1. The van der Waals surface area contributed by atoms with E-state index >= 15 is 0 Å². The normalized spacial score (nSPS) is 24.7. The van der Waals surface area contributed by atoms with E-state index in [2.05, 4.69) is 13.8 Å². The lowest BCUT2D eigenvalue weighted by Crippen LogP contribution is -2.40. The van der Waals surface area contributed by atoms with E-state index in [1.165, 1.54) is 0 Å². The number of carboxylic acid groups (broad SMARTS) is 1. The first-order valence-electron chi connectivity index (χ1n) is 6.79. The van der Waals surface area contributed by atoms with E-state index in [0.717, 1.165) is 0 Å². The van der Waals surface area contributed by atoms with Gasteiger partial charge in [-0.05, 0) is 25.3 Å². The highest BCUT2D eigenvalue weighted by atomic mass is 16.7. The van der Waals surface area contributed by atoms with Crippen LogP contribution < -0.4 is 0 Å². The van der Waals surface area contributed by atoms with Crippen LogP contribution in [0.5, 0.6) is 0 Å². The summed E-state index contributed by atoms with van der Waals surface area (Å²) in [5.41, 5.74) is -0.729. The van der Waals surface area contributed by atoms with Gasteiger partial charge in [0.15, 0.2) is 0 Å². The molecular formula is C15H22O5. The van der Waals surface area contributed by atoms with Crippen LogP contribution in [0.3, 0.4) is 0 Å². The number of rotatable bonds is 6. The van der Waals surface area contributed by atoms with Crippen molar-refractivity contribution in [3.63, 3.8) is 0 Å². The molecule has 1 rings (SSSR count). The lowest BCUT2D eigenvalue weighted by atomic mass is 9.78. The van der Waals surface area contributed by atoms with Crippen molar-refractivity contribution >= 4 is 12.1 Å². The van der Waals surface area contributed by atoms with Crippen LogP contribution >= 0.6 is 0 Å². The molecule has 0 bridgehead atoms. The molecule has 5 heteroatoms. The number of ether oxygens (including phenoxy) is 2. The predicted molar refractivity (Wildman–Crippen MR) is 74.3 cm³/mol. The lowest BCUT2D eigenvalue weighted by Gasteiger charge is -2.36.